The van der Waals surface area contributed by atoms with Crippen LogP contribution in [0, 0.1) is 5.92 Å². The van der Waals surface area contributed by atoms with Crippen LogP contribution < -0.4 is 11.1 Å². The zero-order chi connectivity index (χ0) is 14.0. The first kappa shape index (κ1) is 14.5. The summed E-state index contributed by atoms with van der Waals surface area (Å²) < 4.78 is 1.77. The molecule has 0 saturated heterocycles. The second-order valence-electron chi connectivity index (χ2n) is 5.12. The number of aromatic nitrogens is 1. The van der Waals surface area contributed by atoms with E-state index in [0.717, 1.165) is 22.7 Å². The van der Waals surface area contributed by atoms with Gasteiger partial charge in [-0.3, -0.25) is 0 Å². The molecule has 1 aromatic rings. The maximum atomic E-state index is 9.47. The molecule has 0 bridgehead atoms. The van der Waals surface area contributed by atoms with Gasteiger partial charge in [-0.1, -0.05) is 38.0 Å². The summed E-state index contributed by atoms with van der Waals surface area (Å²) in [6.45, 7) is 5.03. The molecule has 2 rings (SSSR count). The van der Waals surface area contributed by atoms with Crippen LogP contribution in [0.3, 0.4) is 0 Å². The van der Waals surface area contributed by atoms with Gasteiger partial charge < -0.3 is 20.5 Å². The molecule has 0 aromatic carbocycles. The molecule has 4 N–H and O–H groups in total. The molecule has 0 fully saturated rings. The topological polar surface area (TPSA) is 74.4 Å². The Labute approximate surface area is 123 Å². The first-order chi connectivity index (χ1) is 8.99. The van der Waals surface area contributed by atoms with E-state index >= 15 is 0 Å². The van der Waals surface area contributed by atoms with Crippen LogP contribution in [-0.4, -0.2) is 27.0 Å². The molecule has 1 aliphatic rings. The lowest BCUT2D eigenvalue weighted by Gasteiger charge is -2.26. The molecule has 0 spiro atoms. The van der Waals surface area contributed by atoms with E-state index in [1.807, 2.05) is 6.20 Å². The normalized spacial score (nSPS) is 16.3. The number of rotatable bonds is 5. The minimum atomic E-state index is 0.0299. The molecule has 1 aromatic heterocycles. The molecule has 1 atom stereocenters. The van der Waals surface area contributed by atoms with Crippen LogP contribution in [0.15, 0.2) is 6.20 Å². The van der Waals surface area contributed by atoms with Crippen molar-refractivity contribution in [2.45, 2.75) is 32.9 Å². The molecule has 5 nitrogen and oxygen atoms in total. The van der Waals surface area contributed by atoms with E-state index in [0.29, 0.717) is 17.6 Å². The second kappa shape index (κ2) is 6.02. The number of hydrogen-bond donors (Lipinski definition) is 4. The Hall–Kier alpha value is -0.920. The van der Waals surface area contributed by atoms with Gasteiger partial charge in [0.2, 0.25) is 0 Å². The van der Waals surface area contributed by atoms with E-state index in [-0.39, 0.29) is 12.6 Å². The fourth-order valence-corrected chi connectivity index (χ4v) is 3.23. The lowest BCUT2D eigenvalue weighted by atomic mass is 10.0. The number of fused-ring (bicyclic) bond motifs is 1. The Morgan fingerprint density at radius 1 is 1.63 bits per heavy atom. The van der Waals surface area contributed by atoms with Crippen molar-refractivity contribution in [2.24, 2.45) is 5.92 Å². The quantitative estimate of drug-likeness (QED) is 0.623. The molecule has 19 heavy (non-hydrogen) atoms. The second-order valence-corrected chi connectivity index (χ2v) is 6.67. The fraction of sp³-hybridized carbons (Fsp3) is 0.583. The van der Waals surface area contributed by atoms with E-state index in [1.165, 1.54) is 11.3 Å². The van der Waals surface area contributed by atoms with Crippen molar-refractivity contribution in [1.82, 2.24) is 14.6 Å². The molecule has 0 radical (unpaired) electrons. The lowest BCUT2D eigenvalue weighted by Crippen LogP contribution is -2.34. The van der Waals surface area contributed by atoms with E-state index in [4.69, 9.17) is 5.73 Å². The maximum absolute atomic E-state index is 9.47. The summed E-state index contributed by atoms with van der Waals surface area (Å²) >= 11 is 5.82. The average Bonchev–Trinajstić information content (AvgIpc) is 2.67. The first-order valence-corrected chi connectivity index (χ1v) is 7.51. The van der Waals surface area contributed by atoms with Gasteiger partial charge in [-0.15, -0.1) is 0 Å². The standard InChI is InChI=1S/C12H20N4OS2/c1-7(2)3-8(6-17)14-9-4-16(18)5-10-11(9)19-12(13)15-10/h4,7-8,14,17-18H,3,5-6H2,1-2H3,(H2,13,15)/t8-/m1/s1. The minimum Gasteiger partial charge on any atom is -0.394 e. The highest BCUT2D eigenvalue weighted by molar-refractivity contribution is 7.77. The van der Waals surface area contributed by atoms with Crippen LogP contribution in [-0.2, 0) is 6.54 Å². The number of hydrogen-bond acceptors (Lipinski definition) is 7. The highest BCUT2D eigenvalue weighted by atomic mass is 32.1. The molecule has 0 aliphatic carbocycles. The average molecular weight is 300 g/mol. The van der Waals surface area contributed by atoms with Gasteiger partial charge in [0.15, 0.2) is 5.13 Å². The third-order valence-electron chi connectivity index (χ3n) is 2.88. The van der Waals surface area contributed by atoms with Gasteiger partial charge in [-0.25, -0.2) is 4.98 Å². The Morgan fingerprint density at radius 3 is 3.00 bits per heavy atom. The summed E-state index contributed by atoms with van der Waals surface area (Å²) in [7, 11) is 0. The summed E-state index contributed by atoms with van der Waals surface area (Å²) in [6, 6.07) is 0.0299. The van der Waals surface area contributed by atoms with Crippen molar-refractivity contribution >= 4 is 35.0 Å². The smallest absolute Gasteiger partial charge is 0.180 e. The minimum absolute atomic E-state index is 0.0299. The number of nitrogens with two attached hydrogens (primary N) is 1. The summed E-state index contributed by atoms with van der Waals surface area (Å²) in [5, 5.41) is 13.4. The summed E-state index contributed by atoms with van der Waals surface area (Å²) in [4.78, 5) is 5.35. The molecule has 0 saturated carbocycles. The predicted molar refractivity (Wildman–Crippen MR) is 82.5 cm³/mol. The van der Waals surface area contributed by atoms with E-state index < -0.39 is 0 Å². The molecule has 1 aliphatic heterocycles. The van der Waals surface area contributed by atoms with Crippen LogP contribution in [0.4, 0.5) is 5.13 Å². The van der Waals surface area contributed by atoms with Crippen molar-refractivity contribution in [1.29, 1.82) is 0 Å². The van der Waals surface area contributed by atoms with Crippen LogP contribution in [0.2, 0.25) is 0 Å². The van der Waals surface area contributed by atoms with Gasteiger partial charge in [-0.05, 0) is 12.3 Å². The van der Waals surface area contributed by atoms with Gasteiger partial charge in [0.05, 0.1) is 29.4 Å². The zero-order valence-electron chi connectivity index (χ0n) is 11.1. The van der Waals surface area contributed by atoms with Gasteiger partial charge in [-0.2, -0.15) is 0 Å². The monoisotopic (exact) mass is 300 g/mol. The van der Waals surface area contributed by atoms with Crippen molar-refractivity contribution in [3.8, 4) is 0 Å². The molecule has 2 heterocycles. The maximum Gasteiger partial charge on any atom is 0.180 e. The number of nitrogens with zero attached hydrogens (tertiary/aromatic N) is 2. The zero-order valence-corrected chi connectivity index (χ0v) is 12.8. The predicted octanol–water partition coefficient (Wildman–Crippen LogP) is 1.68. The SMILES string of the molecule is CC(C)C[C@H](CO)NC1=CN(S)Cc2nc(N)sc21. The van der Waals surface area contributed by atoms with E-state index in [2.05, 4.69) is 37.0 Å². The van der Waals surface area contributed by atoms with Gasteiger partial charge >= 0.3 is 0 Å². The van der Waals surface area contributed by atoms with Crippen LogP contribution >= 0.6 is 24.2 Å². The van der Waals surface area contributed by atoms with Crippen LogP contribution in [0.5, 0.6) is 0 Å². The molecule has 0 amide bonds. The molecular formula is C12H20N4OS2. The Kier molecular flexibility index (Phi) is 4.59. The number of thiazole rings is 1. The largest absolute Gasteiger partial charge is 0.394 e. The number of nitrogen functional groups attached to an aromatic ring is 1. The number of nitrogens with one attached hydrogen (secondary N) is 1. The number of aliphatic hydroxyl groups is 1. The number of aliphatic hydroxyl groups excluding tert-OH is 1. The Morgan fingerprint density at radius 2 is 2.37 bits per heavy atom. The third-order valence-corrected chi connectivity index (χ3v) is 4.10. The number of anilines is 1. The Balaban J connectivity index is 2.17. The Bertz CT molecular complexity index is 472. The fourth-order valence-electron chi connectivity index (χ4n) is 2.17. The summed E-state index contributed by atoms with van der Waals surface area (Å²) in [6.07, 6.45) is 2.83. The first-order valence-electron chi connectivity index (χ1n) is 6.30. The van der Waals surface area contributed by atoms with Crippen molar-refractivity contribution < 1.29 is 5.11 Å². The third kappa shape index (κ3) is 3.55. The summed E-state index contributed by atoms with van der Waals surface area (Å²) in [5.41, 5.74) is 7.64. The van der Waals surface area contributed by atoms with E-state index in [9.17, 15) is 5.11 Å². The molecule has 0 unspecified atom stereocenters. The molecular weight excluding hydrogens is 280 g/mol. The van der Waals surface area contributed by atoms with Gasteiger partial charge in [0.25, 0.3) is 0 Å². The van der Waals surface area contributed by atoms with Crippen LogP contribution in [0.1, 0.15) is 30.8 Å². The van der Waals surface area contributed by atoms with Crippen molar-refractivity contribution in [3.05, 3.63) is 16.8 Å². The van der Waals surface area contributed by atoms with E-state index in [1.54, 1.807) is 4.31 Å². The molecule has 106 valence electrons. The number of thiol groups is 1. The lowest BCUT2D eigenvalue weighted by molar-refractivity contribution is 0.236. The van der Waals surface area contributed by atoms with Gasteiger partial charge in [0, 0.05) is 12.2 Å². The van der Waals surface area contributed by atoms with Crippen molar-refractivity contribution in [2.75, 3.05) is 12.3 Å². The highest BCUT2D eigenvalue weighted by Crippen LogP contribution is 2.32. The van der Waals surface area contributed by atoms with Gasteiger partial charge in [0.1, 0.15) is 0 Å². The van der Waals surface area contributed by atoms with Crippen LogP contribution in [0.25, 0.3) is 5.70 Å². The van der Waals surface area contributed by atoms with Crippen molar-refractivity contribution in [3.63, 3.8) is 0 Å². The highest BCUT2D eigenvalue weighted by Gasteiger charge is 2.22. The molecule has 7 heteroatoms. The summed E-state index contributed by atoms with van der Waals surface area (Å²) in [5.74, 6) is 0.520.